The van der Waals surface area contributed by atoms with Crippen molar-refractivity contribution >= 4 is 11.9 Å². The average molecular weight is 543 g/mol. The summed E-state index contributed by atoms with van der Waals surface area (Å²) in [5, 5.41) is 0. The van der Waals surface area contributed by atoms with Crippen molar-refractivity contribution in [3.63, 3.8) is 0 Å². The molecule has 4 heteroatoms. The quantitative estimate of drug-likeness (QED) is 0.210. The molecule has 0 unspecified atom stereocenters. The highest BCUT2D eigenvalue weighted by molar-refractivity contribution is 5.96. The maximum Gasteiger partial charge on any atom is 0.343 e. The number of carbonyl (C=O) groups excluding carboxylic acids is 2. The second kappa shape index (κ2) is 11.6. The van der Waals surface area contributed by atoms with E-state index in [4.69, 9.17) is 9.47 Å². The number of benzene rings is 3. The van der Waals surface area contributed by atoms with Crippen LogP contribution in [0.3, 0.4) is 0 Å². The molecule has 3 aromatic rings. The van der Waals surface area contributed by atoms with Crippen molar-refractivity contribution in [1.29, 1.82) is 0 Å². The molecule has 0 heterocycles. The summed E-state index contributed by atoms with van der Waals surface area (Å²) in [7, 11) is 0. The number of hydrogen-bond acceptors (Lipinski definition) is 4. The highest BCUT2D eigenvalue weighted by atomic mass is 16.5. The molecule has 40 heavy (non-hydrogen) atoms. The first-order valence-corrected chi connectivity index (χ1v) is 14.1. The molecule has 0 spiro atoms. The zero-order chi connectivity index (χ0) is 29.9. The summed E-state index contributed by atoms with van der Waals surface area (Å²) in [5.41, 5.74) is 3.35. The Hall–Kier alpha value is -3.40. The molecule has 0 fully saturated rings. The molecule has 0 N–H and O–H groups in total. The molecule has 214 valence electrons. The van der Waals surface area contributed by atoms with Gasteiger partial charge in [0.05, 0.1) is 11.1 Å². The fraction of sp³-hybridized carbons (Fsp3) is 0.444. The highest BCUT2D eigenvalue weighted by Crippen LogP contribution is 2.38. The summed E-state index contributed by atoms with van der Waals surface area (Å²) < 4.78 is 11.2. The van der Waals surface area contributed by atoms with Gasteiger partial charge in [0.15, 0.2) is 0 Å². The van der Waals surface area contributed by atoms with Crippen LogP contribution < -0.4 is 9.47 Å². The van der Waals surface area contributed by atoms with Gasteiger partial charge in [0.1, 0.15) is 11.5 Å². The second-order valence-electron chi connectivity index (χ2n) is 14.7. The van der Waals surface area contributed by atoms with E-state index in [9.17, 15) is 9.59 Å². The maximum atomic E-state index is 12.9. The summed E-state index contributed by atoms with van der Waals surface area (Å²) in [4.78, 5) is 25.7. The molecule has 0 aromatic heterocycles. The van der Waals surface area contributed by atoms with Crippen LogP contribution in [0.4, 0.5) is 0 Å². The van der Waals surface area contributed by atoms with Crippen molar-refractivity contribution < 1.29 is 19.1 Å². The molecule has 0 radical (unpaired) electrons. The van der Waals surface area contributed by atoms with Crippen LogP contribution in [0.2, 0.25) is 0 Å². The predicted octanol–water partition coefficient (Wildman–Crippen LogP) is 9.55. The Morgan fingerprint density at radius 3 is 1.15 bits per heavy atom. The van der Waals surface area contributed by atoms with Gasteiger partial charge in [-0.1, -0.05) is 99.6 Å². The largest absolute Gasteiger partial charge is 0.423 e. The number of hydrogen-bond donors (Lipinski definition) is 0. The predicted molar refractivity (Wildman–Crippen MR) is 163 cm³/mol. The SMILES string of the molecule is CC(C)(C)CC(C)(C)c1ccc(OC(=O)c2cccc(C(=O)Oc3ccc(C(C)(C)CC(C)(C)C)cc3)c2)cc1. The van der Waals surface area contributed by atoms with E-state index >= 15 is 0 Å². The first kappa shape index (κ1) is 31.1. The van der Waals surface area contributed by atoms with E-state index in [1.165, 1.54) is 17.2 Å². The third-order valence-electron chi connectivity index (χ3n) is 6.97. The van der Waals surface area contributed by atoms with Crippen molar-refractivity contribution in [2.75, 3.05) is 0 Å². The fourth-order valence-electron chi connectivity index (χ4n) is 5.91. The molecule has 0 amide bonds. The summed E-state index contributed by atoms with van der Waals surface area (Å²) in [5.74, 6) is -0.130. The Kier molecular flexibility index (Phi) is 9.03. The molecule has 3 rings (SSSR count). The van der Waals surface area contributed by atoms with Gasteiger partial charge in [-0.3, -0.25) is 0 Å². The van der Waals surface area contributed by atoms with Gasteiger partial charge >= 0.3 is 11.9 Å². The topological polar surface area (TPSA) is 52.6 Å². The molecular formula is C36H46O4. The number of rotatable bonds is 8. The zero-order valence-electron chi connectivity index (χ0n) is 26.0. The summed E-state index contributed by atoms with van der Waals surface area (Å²) >= 11 is 0. The van der Waals surface area contributed by atoms with Crippen LogP contribution in [0, 0.1) is 10.8 Å². The lowest BCUT2D eigenvalue weighted by Gasteiger charge is -2.33. The van der Waals surface area contributed by atoms with Crippen LogP contribution in [-0.2, 0) is 10.8 Å². The lowest BCUT2D eigenvalue weighted by atomic mass is 9.72. The minimum absolute atomic E-state index is 0.00155. The minimum atomic E-state index is -0.526. The van der Waals surface area contributed by atoms with Crippen LogP contribution >= 0.6 is 0 Å². The Morgan fingerprint density at radius 2 is 0.850 bits per heavy atom. The van der Waals surface area contributed by atoms with Crippen LogP contribution in [-0.4, -0.2) is 11.9 Å². The second-order valence-corrected chi connectivity index (χ2v) is 14.7. The van der Waals surface area contributed by atoms with Crippen molar-refractivity contribution in [3.05, 3.63) is 95.1 Å². The molecule has 0 aliphatic carbocycles. The molecule has 4 nitrogen and oxygen atoms in total. The molecule has 0 bridgehead atoms. The number of ether oxygens (including phenoxy) is 2. The van der Waals surface area contributed by atoms with Crippen molar-refractivity contribution in [1.82, 2.24) is 0 Å². The third kappa shape index (κ3) is 8.81. The zero-order valence-corrected chi connectivity index (χ0v) is 26.0. The number of esters is 2. The van der Waals surface area contributed by atoms with Gasteiger partial charge in [0, 0.05) is 0 Å². The van der Waals surface area contributed by atoms with Gasteiger partial charge in [-0.15, -0.1) is 0 Å². The Balaban J connectivity index is 1.66. The Bertz CT molecular complexity index is 1210. The molecule has 0 saturated heterocycles. The van der Waals surface area contributed by atoms with Crippen LogP contribution in [0.15, 0.2) is 72.8 Å². The minimum Gasteiger partial charge on any atom is -0.423 e. The summed E-state index contributed by atoms with van der Waals surface area (Å²) in [6, 6.07) is 21.8. The van der Waals surface area contributed by atoms with Gasteiger partial charge in [0.2, 0.25) is 0 Å². The maximum absolute atomic E-state index is 12.9. The van der Waals surface area contributed by atoms with Gasteiger partial charge in [0.25, 0.3) is 0 Å². The molecular weight excluding hydrogens is 496 g/mol. The third-order valence-corrected chi connectivity index (χ3v) is 6.97. The van der Waals surface area contributed by atoms with Crippen molar-refractivity contribution in [2.45, 2.75) is 92.9 Å². The first-order valence-electron chi connectivity index (χ1n) is 14.1. The molecule has 3 aromatic carbocycles. The lowest BCUT2D eigenvalue weighted by molar-refractivity contribution is 0.0734. The van der Waals surface area contributed by atoms with E-state index in [0.717, 1.165) is 12.8 Å². The normalized spacial score (nSPS) is 12.7. The van der Waals surface area contributed by atoms with Crippen molar-refractivity contribution in [2.24, 2.45) is 10.8 Å². The monoisotopic (exact) mass is 542 g/mol. The fourth-order valence-corrected chi connectivity index (χ4v) is 5.91. The van der Waals surface area contributed by atoms with E-state index in [-0.39, 0.29) is 32.8 Å². The van der Waals surface area contributed by atoms with Crippen LogP contribution in [0.25, 0.3) is 0 Å². The van der Waals surface area contributed by atoms with E-state index in [1.54, 1.807) is 18.2 Å². The molecule has 0 aliphatic heterocycles. The molecule has 0 atom stereocenters. The first-order chi connectivity index (χ1) is 18.3. The summed E-state index contributed by atoms with van der Waals surface area (Å²) in [6.45, 7) is 22.3. The van der Waals surface area contributed by atoms with Crippen LogP contribution in [0.5, 0.6) is 11.5 Å². The van der Waals surface area contributed by atoms with Gasteiger partial charge < -0.3 is 9.47 Å². The molecule has 0 saturated carbocycles. The van der Waals surface area contributed by atoms with Crippen LogP contribution in [0.1, 0.15) is 114 Å². The van der Waals surface area contributed by atoms with E-state index < -0.39 is 11.9 Å². The smallest absolute Gasteiger partial charge is 0.343 e. The average Bonchev–Trinajstić information content (AvgIpc) is 2.82. The standard InChI is InChI=1S/C36H46O4/c1-33(2,3)23-35(7,8)27-14-18-29(19-15-27)39-31(37)25-12-11-13-26(22-25)32(38)40-30-20-16-28(17-21-30)36(9,10)24-34(4,5)6/h11-22H,23-24H2,1-10H3. The van der Waals surface area contributed by atoms with Crippen molar-refractivity contribution in [3.8, 4) is 11.5 Å². The highest BCUT2D eigenvalue weighted by Gasteiger charge is 2.28. The lowest BCUT2D eigenvalue weighted by Crippen LogP contribution is -2.24. The van der Waals surface area contributed by atoms with E-state index in [0.29, 0.717) is 11.5 Å². The molecule has 0 aliphatic rings. The van der Waals surface area contributed by atoms with Gasteiger partial charge in [-0.2, -0.15) is 0 Å². The number of carbonyl (C=O) groups is 2. The van der Waals surface area contributed by atoms with Gasteiger partial charge in [-0.05, 0) is 88.1 Å². The van der Waals surface area contributed by atoms with E-state index in [1.807, 2.05) is 48.5 Å². The Labute approximate surface area is 241 Å². The van der Waals surface area contributed by atoms with E-state index in [2.05, 4.69) is 69.2 Å². The van der Waals surface area contributed by atoms with Gasteiger partial charge in [-0.25, -0.2) is 9.59 Å². The summed E-state index contributed by atoms with van der Waals surface area (Å²) in [6.07, 6.45) is 2.06. The Morgan fingerprint density at radius 1 is 0.525 bits per heavy atom.